The van der Waals surface area contributed by atoms with Gasteiger partial charge in [0, 0.05) is 18.5 Å². The lowest BCUT2D eigenvalue weighted by molar-refractivity contribution is 0.0647. The lowest BCUT2D eigenvalue weighted by Crippen LogP contribution is -2.35. The number of rotatable bonds is 3. The van der Waals surface area contributed by atoms with Crippen LogP contribution in [0.2, 0.25) is 0 Å². The van der Waals surface area contributed by atoms with Crippen molar-refractivity contribution >= 4 is 11.9 Å². The molecule has 1 aromatic heterocycles. The highest BCUT2D eigenvalue weighted by atomic mass is 16.4. The van der Waals surface area contributed by atoms with E-state index in [2.05, 4.69) is 12.1 Å². The van der Waals surface area contributed by atoms with Crippen molar-refractivity contribution in [3.05, 3.63) is 59.5 Å². The molecule has 0 spiro atoms. The summed E-state index contributed by atoms with van der Waals surface area (Å²) in [7, 11) is 0. The van der Waals surface area contributed by atoms with Crippen molar-refractivity contribution in [2.45, 2.75) is 25.3 Å². The van der Waals surface area contributed by atoms with Crippen LogP contribution in [0, 0.1) is 0 Å². The van der Waals surface area contributed by atoms with Crippen LogP contribution in [0.15, 0.2) is 46.9 Å². The summed E-state index contributed by atoms with van der Waals surface area (Å²) in [6.07, 6.45) is 0.892. The van der Waals surface area contributed by atoms with Crippen molar-refractivity contribution in [1.82, 2.24) is 4.90 Å². The van der Waals surface area contributed by atoms with Crippen molar-refractivity contribution in [2.24, 2.45) is 0 Å². The standard InChI is InChI=1S/C17H17NO4/c1-11-13(12-5-3-2-4-6-12)9-10-18(11)16(19)14-7-8-15(22-14)17(20)21/h2-8,11,13H,9-10H2,1H3,(H,20,21)/t11-,13-/m0/s1. The molecule has 0 bridgehead atoms. The molecule has 0 saturated carbocycles. The number of carboxylic acid groups (broad SMARTS) is 1. The highest BCUT2D eigenvalue weighted by Gasteiger charge is 2.36. The highest BCUT2D eigenvalue weighted by Crippen LogP contribution is 2.34. The third-order valence-corrected chi connectivity index (χ3v) is 4.27. The third-order valence-electron chi connectivity index (χ3n) is 4.27. The summed E-state index contributed by atoms with van der Waals surface area (Å²) in [6, 6.07) is 12.9. The molecule has 0 unspecified atom stereocenters. The summed E-state index contributed by atoms with van der Waals surface area (Å²) >= 11 is 0. The van der Waals surface area contributed by atoms with Crippen LogP contribution in [0.4, 0.5) is 0 Å². The summed E-state index contributed by atoms with van der Waals surface area (Å²) in [5, 5.41) is 8.87. The SMILES string of the molecule is C[C@H]1[C@@H](c2ccccc2)CCN1C(=O)c1ccc(C(=O)O)o1. The lowest BCUT2D eigenvalue weighted by Gasteiger charge is -2.24. The van der Waals surface area contributed by atoms with Gasteiger partial charge >= 0.3 is 5.97 Å². The number of hydrogen-bond donors (Lipinski definition) is 1. The van der Waals surface area contributed by atoms with Gasteiger partial charge in [0.1, 0.15) is 0 Å². The summed E-state index contributed by atoms with van der Waals surface area (Å²) in [4.78, 5) is 25.1. The number of carboxylic acids is 1. The zero-order valence-corrected chi connectivity index (χ0v) is 12.2. The van der Waals surface area contributed by atoms with Crippen molar-refractivity contribution < 1.29 is 19.1 Å². The van der Waals surface area contributed by atoms with Gasteiger partial charge in [0.25, 0.3) is 5.91 Å². The Morgan fingerprint density at radius 1 is 1.14 bits per heavy atom. The minimum Gasteiger partial charge on any atom is -0.475 e. The predicted octanol–water partition coefficient (Wildman–Crippen LogP) is 3.00. The first kappa shape index (κ1) is 14.4. The minimum absolute atomic E-state index is 0.0493. The number of furan rings is 1. The van der Waals surface area contributed by atoms with Crippen molar-refractivity contribution in [3.63, 3.8) is 0 Å². The molecule has 3 rings (SSSR count). The maximum Gasteiger partial charge on any atom is 0.371 e. The van der Waals surface area contributed by atoms with E-state index in [4.69, 9.17) is 9.52 Å². The van der Waals surface area contributed by atoms with Gasteiger partial charge in [-0.2, -0.15) is 0 Å². The summed E-state index contributed by atoms with van der Waals surface area (Å²) in [6.45, 7) is 2.66. The fourth-order valence-corrected chi connectivity index (χ4v) is 3.08. The second-order valence-corrected chi connectivity index (χ2v) is 5.51. The van der Waals surface area contributed by atoms with Gasteiger partial charge in [-0.1, -0.05) is 30.3 Å². The van der Waals surface area contributed by atoms with Crippen LogP contribution in [-0.4, -0.2) is 34.5 Å². The van der Waals surface area contributed by atoms with E-state index in [1.165, 1.54) is 17.7 Å². The Kier molecular flexibility index (Phi) is 3.71. The van der Waals surface area contributed by atoms with E-state index >= 15 is 0 Å². The molecule has 2 atom stereocenters. The molecule has 2 heterocycles. The predicted molar refractivity (Wildman–Crippen MR) is 80.0 cm³/mol. The van der Waals surface area contributed by atoms with Gasteiger partial charge in [0.05, 0.1) is 0 Å². The van der Waals surface area contributed by atoms with Crippen LogP contribution >= 0.6 is 0 Å². The Bertz CT molecular complexity index is 692. The Labute approximate surface area is 128 Å². The Hall–Kier alpha value is -2.56. The first-order valence-electron chi connectivity index (χ1n) is 7.27. The van der Waals surface area contributed by atoms with E-state index in [0.717, 1.165) is 6.42 Å². The van der Waals surface area contributed by atoms with Crippen molar-refractivity contribution in [2.75, 3.05) is 6.54 Å². The van der Waals surface area contributed by atoms with E-state index in [1.807, 2.05) is 25.1 Å². The zero-order chi connectivity index (χ0) is 15.7. The number of carbonyl (C=O) groups excluding carboxylic acids is 1. The molecule has 114 valence electrons. The maximum absolute atomic E-state index is 12.5. The van der Waals surface area contributed by atoms with Crippen LogP contribution in [0.3, 0.4) is 0 Å². The molecular formula is C17H17NO4. The second kappa shape index (κ2) is 5.67. The molecule has 5 nitrogen and oxygen atoms in total. The van der Waals surface area contributed by atoms with Crippen molar-refractivity contribution in [1.29, 1.82) is 0 Å². The van der Waals surface area contributed by atoms with Gasteiger partial charge in [-0.05, 0) is 31.0 Å². The Morgan fingerprint density at radius 2 is 1.82 bits per heavy atom. The molecule has 1 aromatic carbocycles. The van der Waals surface area contributed by atoms with E-state index in [0.29, 0.717) is 12.5 Å². The first-order valence-corrected chi connectivity index (χ1v) is 7.27. The number of benzene rings is 1. The lowest BCUT2D eigenvalue weighted by atomic mass is 9.93. The monoisotopic (exact) mass is 299 g/mol. The Morgan fingerprint density at radius 3 is 2.45 bits per heavy atom. The average molecular weight is 299 g/mol. The number of likely N-dealkylation sites (tertiary alicyclic amines) is 1. The molecule has 1 N–H and O–H groups in total. The highest BCUT2D eigenvalue weighted by molar-refractivity contribution is 5.94. The quantitative estimate of drug-likeness (QED) is 0.945. The molecule has 1 amide bonds. The van der Waals surface area contributed by atoms with Gasteiger partial charge < -0.3 is 14.4 Å². The van der Waals surface area contributed by atoms with Gasteiger partial charge in [-0.15, -0.1) is 0 Å². The van der Waals surface area contributed by atoms with Crippen LogP contribution in [0.5, 0.6) is 0 Å². The summed E-state index contributed by atoms with van der Waals surface area (Å²) in [5.74, 6) is -1.26. The molecule has 5 heteroatoms. The summed E-state index contributed by atoms with van der Waals surface area (Å²) < 4.78 is 5.12. The number of hydrogen-bond acceptors (Lipinski definition) is 3. The summed E-state index contributed by atoms with van der Waals surface area (Å²) in [5.41, 5.74) is 1.22. The molecule has 1 aliphatic heterocycles. The number of amides is 1. The second-order valence-electron chi connectivity index (χ2n) is 5.51. The smallest absolute Gasteiger partial charge is 0.371 e. The fourth-order valence-electron chi connectivity index (χ4n) is 3.08. The molecule has 1 aliphatic rings. The Balaban J connectivity index is 1.78. The fraction of sp³-hybridized carbons (Fsp3) is 0.294. The molecule has 1 fully saturated rings. The van der Waals surface area contributed by atoms with Gasteiger partial charge in [-0.25, -0.2) is 4.79 Å². The molecule has 22 heavy (non-hydrogen) atoms. The normalized spacial score (nSPS) is 21.0. The van der Waals surface area contributed by atoms with E-state index in [-0.39, 0.29) is 23.5 Å². The number of carbonyl (C=O) groups is 2. The minimum atomic E-state index is -1.17. The molecular weight excluding hydrogens is 282 g/mol. The zero-order valence-electron chi connectivity index (χ0n) is 12.2. The third kappa shape index (κ3) is 2.50. The topological polar surface area (TPSA) is 70.8 Å². The van der Waals surface area contributed by atoms with Crippen LogP contribution in [0.1, 0.15) is 45.9 Å². The van der Waals surface area contributed by atoms with E-state index < -0.39 is 5.97 Å². The maximum atomic E-state index is 12.5. The number of aromatic carboxylic acids is 1. The van der Waals surface area contributed by atoms with Gasteiger partial charge in [0.15, 0.2) is 5.76 Å². The van der Waals surface area contributed by atoms with Gasteiger partial charge in [-0.3, -0.25) is 4.79 Å². The van der Waals surface area contributed by atoms with Crippen molar-refractivity contribution in [3.8, 4) is 0 Å². The largest absolute Gasteiger partial charge is 0.475 e. The molecule has 0 radical (unpaired) electrons. The van der Waals surface area contributed by atoms with Crippen LogP contribution < -0.4 is 0 Å². The molecule has 2 aromatic rings. The van der Waals surface area contributed by atoms with Crippen LogP contribution in [-0.2, 0) is 0 Å². The first-order chi connectivity index (χ1) is 10.6. The molecule has 0 aliphatic carbocycles. The van der Waals surface area contributed by atoms with E-state index in [1.54, 1.807) is 4.90 Å². The van der Waals surface area contributed by atoms with E-state index in [9.17, 15) is 9.59 Å². The van der Waals surface area contributed by atoms with Crippen LogP contribution in [0.25, 0.3) is 0 Å². The van der Waals surface area contributed by atoms with Gasteiger partial charge in [0.2, 0.25) is 5.76 Å². The number of nitrogens with zero attached hydrogens (tertiary/aromatic N) is 1. The molecule has 1 saturated heterocycles. The average Bonchev–Trinajstić information content (AvgIpc) is 3.14.